The standard InChI is InChI=1S/C21H19F3N8O2/c1-11(12-4-13(21(22,23)24)6-14(25)5-12)29-18-15-7-16(31-2-3-34-8-17(31)33)20-30-28-10-32(20)19(15)27-9-26-18/h4-7,9-11H,2-3,8,25H2,1H3,(H,26,27,29)/t11-/m1/s1. The van der Waals surface area contributed by atoms with E-state index in [1.807, 2.05) is 0 Å². The Labute approximate surface area is 190 Å². The lowest BCUT2D eigenvalue weighted by molar-refractivity contribution is -0.137. The van der Waals surface area contributed by atoms with Crippen LogP contribution in [0.1, 0.15) is 24.1 Å². The van der Waals surface area contributed by atoms with Crippen LogP contribution in [0.5, 0.6) is 0 Å². The molecule has 1 aromatic carbocycles. The number of benzene rings is 1. The van der Waals surface area contributed by atoms with Gasteiger partial charge in [-0.3, -0.25) is 9.20 Å². The van der Waals surface area contributed by atoms with Crippen LogP contribution in [0.2, 0.25) is 0 Å². The molecular formula is C21H19F3N8O2. The number of nitrogens with zero attached hydrogens (tertiary/aromatic N) is 6. The van der Waals surface area contributed by atoms with Gasteiger partial charge in [0.25, 0.3) is 5.91 Å². The van der Waals surface area contributed by atoms with Crippen molar-refractivity contribution in [3.05, 3.63) is 48.0 Å². The summed E-state index contributed by atoms with van der Waals surface area (Å²) in [6.45, 7) is 2.35. The molecule has 0 aliphatic carbocycles. The molecule has 3 aromatic heterocycles. The maximum absolute atomic E-state index is 13.3. The van der Waals surface area contributed by atoms with Gasteiger partial charge in [0.2, 0.25) is 0 Å². The number of carbonyl (C=O) groups excluding carboxylic acids is 1. The van der Waals surface area contributed by atoms with Crippen molar-refractivity contribution in [1.29, 1.82) is 0 Å². The Bertz CT molecular complexity index is 1400. The van der Waals surface area contributed by atoms with Crippen LogP contribution in [0.25, 0.3) is 16.7 Å². The Morgan fingerprint density at radius 3 is 2.76 bits per heavy atom. The number of pyridine rings is 1. The van der Waals surface area contributed by atoms with Crippen LogP contribution in [0.3, 0.4) is 0 Å². The second-order valence-corrected chi connectivity index (χ2v) is 7.86. The quantitative estimate of drug-likeness (QED) is 0.435. The molecule has 3 N–H and O–H groups in total. The predicted octanol–water partition coefficient (Wildman–Crippen LogP) is 2.81. The summed E-state index contributed by atoms with van der Waals surface area (Å²) in [5.74, 6) is 0.140. The topological polar surface area (TPSA) is 124 Å². The summed E-state index contributed by atoms with van der Waals surface area (Å²) >= 11 is 0. The van der Waals surface area contributed by atoms with Gasteiger partial charge in [-0.15, -0.1) is 10.2 Å². The number of anilines is 3. The van der Waals surface area contributed by atoms with E-state index in [-0.39, 0.29) is 18.2 Å². The van der Waals surface area contributed by atoms with Crippen molar-refractivity contribution in [1.82, 2.24) is 24.6 Å². The van der Waals surface area contributed by atoms with Crippen LogP contribution in [0.15, 0.2) is 36.9 Å². The smallest absolute Gasteiger partial charge is 0.399 e. The van der Waals surface area contributed by atoms with E-state index in [2.05, 4.69) is 25.5 Å². The van der Waals surface area contributed by atoms with Gasteiger partial charge in [0.15, 0.2) is 11.3 Å². The van der Waals surface area contributed by atoms with Crippen molar-refractivity contribution in [2.75, 3.05) is 35.7 Å². The number of nitrogens with two attached hydrogens (primary N) is 1. The third kappa shape index (κ3) is 3.83. The first kappa shape index (κ1) is 21.8. The minimum atomic E-state index is -4.52. The van der Waals surface area contributed by atoms with Crippen molar-refractivity contribution in [3.8, 4) is 0 Å². The molecule has 1 atom stereocenters. The Balaban J connectivity index is 1.59. The molecule has 1 fully saturated rings. The average molecular weight is 472 g/mol. The lowest BCUT2D eigenvalue weighted by atomic mass is 10.0. The number of hydrogen-bond donors (Lipinski definition) is 2. The molecule has 34 heavy (non-hydrogen) atoms. The van der Waals surface area contributed by atoms with Crippen molar-refractivity contribution >= 4 is 39.8 Å². The molecule has 1 saturated heterocycles. The summed E-state index contributed by atoms with van der Waals surface area (Å²) in [6.07, 6.45) is -1.72. The summed E-state index contributed by atoms with van der Waals surface area (Å²) in [5, 5.41) is 11.8. The van der Waals surface area contributed by atoms with Crippen molar-refractivity contribution < 1.29 is 22.7 Å². The van der Waals surface area contributed by atoms with Crippen LogP contribution < -0.4 is 16.0 Å². The fourth-order valence-corrected chi connectivity index (χ4v) is 3.94. The molecule has 4 aromatic rings. The van der Waals surface area contributed by atoms with Crippen LogP contribution >= 0.6 is 0 Å². The molecule has 176 valence electrons. The molecule has 0 radical (unpaired) electrons. The van der Waals surface area contributed by atoms with E-state index in [4.69, 9.17) is 10.5 Å². The predicted molar refractivity (Wildman–Crippen MR) is 117 cm³/mol. The summed E-state index contributed by atoms with van der Waals surface area (Å²) in [5.41, 5.74) is 6.65. The molecule has 0 unspecified atom stereocenters. The Morgan fingerprint density at radius 2 is 2.00 bits per heavy atom. The molecule has 1 amide bonds. The maximum atomic E-state index is 13.3. The fraction of sp³-hybridized carbons (Fsp3) is 0.286. The van der Waals surface area contributed by atoms with Gasteiger partial charge in [-0.05, 0) is 36.8 Å². The third-order valence-electron chi connectivity index (χ3n) is 5.58. The second-order valence-electron chi connectivity index (χ2n) is 7.86. The van der Waals surface area contributed by atoms with Crippen LogP contribution in [0, 0.1) is 0 Å². The summed E-state index contributed by atoms with van der Waals surface area (Å²) in [7, 11) is 0. The fourth-order valence-electron chi connectivity index (χ4n) is 3.94. The van der Waals surface area contributed by atoms with E-state index >= 15 is 0 Å². The minimum Gasteiger partial charge on any atom is -0.399 e. The molecule has 1 aliphatic rings. The molecule has 5 rings (SSSR count). The Kier molecular flexibility index (Phi) is 5.20. The largest absolute Gasteiger partial charge is 0.416 e. The van der Waals surface area contributed by atoms with E-state index in [9.17, 15) is 18.0 Å². The highest BCUT2D eigenvalue weighted by molar-refractivity contribution is 6.02. The maximum Gasteiger partial charge on any atom is 0.416 e. The number of amides is 1. The zero-order chi connectivity index (χ0) is 24.0. The first-order chi connectivity index (χ1) is 16.2. The second kappa shape index (κ2) is 8.09. The van der Waals surface area contributed by atoms with Gasteiger partial charge in [-0.2, -0.15) is 13.2 Å². The summed E-state index contributed by atoms with van der Waals surface area (Å²) < 4.78 is 46.6. The number of rotatable bonds is 4. The van der Waals surface area contributed by atoms with Crippen molar-refractivity contribution in [2.24, 2.45) is 0 Å². The van der Waals surface area contributed by atoms with E-state index in [1.165, 1.54) is 18.7 Å². The molecule has 0 spiro atoms. The number of halogens is 3. The van der Waals surface area contributed by atoms with Crippen molar-refractivity contribution in [3.63, 3.8) is 0 Å². The number of nitrogen functional groups attached to an aromatic ring is 1. The first-order valence-electron chi connectivity index (χ1n) is 10.3. The molecule has 0 bridgehead atoms. The molecule has 1 aliphatic heterocycles. The van der Waals surface area contributed by atoms with E-state index < -0.39 is 17.8 Å². The zero-order valence-corrected chi connectivity index (χ0v) is 17.9. The number of aromatic nitrogens is 5. The Morgan fingerprint density at radius 1 is 1.18 bits per heavy atom. The number of nitrogens with one attached hydrogen (secondary N) is 1. The normalized spacial score (nSPS) is 15.8. The van der Waals surface area contributed by atoms with Gasteiger partial charge < -0.3 is 20.7 Å². The van der Waals surface area contributed by atoms with Crippen molar-refractivity contribution in [2.45, 2.75) is 19.1 Å². The third-order valence-corrected chi connectivity index (χ3v) is 5.58. The molecule has 0 saturated carbocycles. The van der Waals surface area contributed by atoms with E-state index in [0.29, 0.717) is 46.9 Å². The highest BCUT2D eigenvalue weighted by Gasteiger charge is 2.31. The highest BCUT2D eigenvalue weighted by Crippen LogP contribution is 2.35. The number of hydrogen-bond acceptors (Lipinski definition) is 8. The van der Waals surface area contributed by atoms with Crippen LogP contribution in [0.4, 0.5) is 30.4 Å². The van der Waals surface area contributed by atoms with Gasteiger partial charge >= 0.3 is 6.18 Å². The van der Waals surface area contributed by atoms with Gasteiger partial charge in [0.05, 0.1) is 29.3 Å². The number of alkyl halides is 3. The molecule has 4 heterocycles. The Hall–Kier alpha value is -4.00. The van der Waals surface area contributed by atoms with Crippen LogP contribution in [-0.4, -0.2) is 50.2 Å². The SMILES string of the molecule is C[C@@H](Nc1ncnc2c1cc(N1CCOCC1=O)c1nncn12)c1cc(N)cc(C(F)(F)F)c1. The van der Waals surface area contributed by atoms with Gasteiger partial charge in [0, 0.05) is 12.2 Å². The highest BCUT2D eigenvalue weighted by atomic mass is 19.4. The lowest BCUT2D eigenvalue weighted by Gasteiger charge is -2.27. The van der Waals surface area contributed by atoms with Gasteiger partial charge in [0.1, 0.15) is 25.1 Å². The summed E-state index contributed by atoms with van der Waals surface area (Å²) in [4.78, 5) is 22.7. The van der Waals surface area contributed by atoms with Gasteiger partial charge in [-0.25, -0.2) is 9.97 Å². The monoisotopic (exact) mass is 472 g/mol. The molecule has 10 nitrogen and oxygen atoms in total. The number of morpholine rings is 1. The first-order valence-corrected chi connectivity index (χ1v) is 10.3. The minimum absolute atomic E-state index is 0.00494. The number of carbonyl (C=O) groups is 1. The number of fused-ring (bicyclic) bond motifs is 3. The molecule has 13 heteroatoms. The summed E-state index contributed by atoms with van der Waals surface area (Å²) in [6, 6.07) is 4.56. The zero-order valence-electron chi connectivity index (χ0n) is 17.9. The van der Waals surface area contributed by atoms with E-state index in [0.717, 1.165) is 12.1 Å². The lowest BCUT2D eigenvalue weighted by Crippen LogP contribution is -2.42. The molecular weight excluding hydrogens is 453 g/mol. The van der Waals surface area contributed by atoms with Gasteiger partial charge in [-0.1, -0.05) is 0 Å². The van der Waals surface area contributed by atoms with Crippen LogP contribution in [-0.2, 0) is 15.7 Å². The van der Waals surface area contributed by atoms with E-state index in [1.54, 1.807) is 22.3 Å². The number of ether oxygens (including phenoxy) is 1. The average Bonchev–Trinajstić information content (AvgIpc) is 3.29.